The summed E-state index contributed by atoms with van der Waals surface area (Å²) in [6.07, 6.45) is 3.78. The number of likely N-dealkylation sites (tertiary alicyclic amines) is 1. The van der Waals surface area contributed by atoms with Gasteiger partial charge in [0.05, 0.1) is 5.57 Å². The zero-order valence-corrected chi connectivity index (χ0v) is 20.8. The number of nitrogens with one attached hydrogen (secondary N) is 3. The summed E-state index contributed by atoms with van der Waals surface area (Å²) in [4.78, 5) is 22.7. The van der Waals surface area contributed by atoms with Crippen LogP contribution in [-0.4, -0.2) is 69.8 Å². The Bertz CT molecular complexity index is 1110. The van der Waals surface area contributed by atoms with Crippen molar-refractivity contribution in [2.45, 2.75) is 25.4 Å². The van der Waals surface area contributed by atoms with Gasteiger partial charge in [-0.2, -0.15) is 0 Å². The van der Waals surface area contributed by atoms with Crippen molar-refractivity contribution < 1.29 is 4.79 Å². The van der Waals surface area contributed by atoms with Crippen molar-refractivity contribution in [1.82, 2.24) is 25.0 Å². The second kappa shape index (κ2) is 10.5. The number of rotatable bonds is 7. The summed E-state index contributed by atoms with van der Waals surface area (Å²) < 4.78 is 0. The van der Waals surface area contributed by atoms with Gasteiger partial charge in [-0.15, -0.1) is 0 Å². The molecular formula is C24H28ClN7OS. The molecule has 0 spiro atoms. The lowest BCUT2D eigenvalue weighted by Crippen LogP contribution is -2.57. The summed E-state index contributed by atoms with van der Waals surface area (Å²) in [7, 11) is 3.72. The lowest BCUT2D eigenvalue weighted by Gasteiger charge is -2.38. The van der Waals surface area contributed by atoms with E-state index in [0.717, 1.165) is 30.6 Å². The standard InChI is InChI=1S/C24H28ClN7OS/c1-30-12-6-9-18(30)15-32-21(26)20(23(34)31(2)24(32)33)22(29-17-7-4-3-5-8-17)28-14-16-10-11-19(25)27-13-16/h3-5,7-8,10-11,13,18,26,28-29H,6,9,12,14-15H2,1-2H3/b22-20-,26-21?. The normalized spacial score (nSPS) is 20.7. The number of hydrogen-bond acceptors (Lipinski definition) is 7. The molecule has 2 amide bonds. The third kappa shape index (κ3) is 5.22. The molecule has 1 atom stereocenters. The number of amides is 2. The van der Waals surface area contributed by atoms with Crippen LogP contribution in [0.1, 0.15) is 18.4 Å². The maximum atomic E-state index is 13.1. The number of thiocarbonyl (C=S) groups is 1. The van der Waals surface area contributed by atoms with E-state index < -0.39 is 0 Å². The number of urea groups is 1. The minimum Gasteiger partial charge on any atom is -0.367 e. The van der Waals surface area contributed by atoms with E-state index in [2.05, 4.69) is 27.6 Å². The Morgan fingerprint density at radius 2 is 2.00 bits per heavy atom. The Morgan fingerprint density at radius 3 is 2.65 bits per heavy atom. The number of amidine groups is 1. The molecule has 0 radical (unpaired) electrons. The highest BCUT2D eigenvalue weighted by Gasteiger charge is 2.39. The second-order valence-corrected chi connectivity index (χ2v) is 9.24. The Balaban J connectivity index is 1.68. The SMILES string of the molecule is CN1C(=O)N(CC2CCCN2C)C(=N)/C(=C(\NCc2ccc(Cl)nc2)Nc2ccccc2)C1=S. The van der Waals surface area contributed by atoms with Crippen LogP contribution >= 0.6 is 23.8 Å². The van der Waals surface area contributed by atoms with E-state index in [-0.39, 0.29) is 17.9 Å². The first-order valence-electron chi connectivity index (χ1n) is 11.1. The highest BCUT2D eigenvalue weighted by molar-refractivity contribution is 7.80. The van der Waals surface area contributed by atoms with E-state index in [1.54, 1.807) is 19.3 Å². The summed E-state index contributed by atoms with van der Waals surface area (Å²) in [6.45, 7) is 1.88. The van der Waals surface area contributed by atoms with E-state index in [4.69, 9.17) is 29.2 Å². The van der Waals surface area contributed by atoms with Crippen molar-refractivity contribution in [1.29, 1.82) is 5.41 Å². The Hall–Kier alpha value is -3.01. The average molecular weight is 498 g/mol. The van der Waals surface area contributed by atoms with Crippen molar-refractivity contribution in [3.63, 3.8) is 0 Å². The molecule has 1 aromatic carbocycles. The van der Waals surface area contributed by atoms with Gasteiger partial charge >= 0.3 is 6.03 Å². The molecule has 2 aromatic rings. The maximum Gasteiger partial charge on any atom is 0.330 e. The summed E-state index contributed by atoms with van der Waals surface area (Å²) in [5.74, 6) is 0.647. The lowest BCUT2D eigenvalue weighted by atomic mass is 10.1. The van der Waals surface area contributed by atoms with Crippen molar-refractivity contribution in [3.8, 4) is 0 Å². The monoisotopic (exact) mass is 497 g/mol. The molecule has 0 bridgehead atoms. The molecule has 1 aromatic heterocycles. The van der Waals surface area contributed by atoms with Gasteiger partial charge in [0, 0.05) is 38.1 Å². The van der Waals surface area contributed by atoms with Gasteiger partial charge in [-0.25, -0.2) is 9.78 Å². The maximum absolute atomic E-state index is 13.1. The molecule has 3 heterocycles. The van der Waals surface area contributed by atoms with Crippen LogP contribution in [0.15, 0.2) is 60.1 Å². The number of nitrogens with zero attached hydrogens (tertiary/aromatic N) is 4. The average Bonchev–Trinajstić information content (AvgIpc) is 3.25. The predicted molar refractivity (Wildman–Crippen MR) is 139 cm³/mol. The van der Waals surface area contributed by atoms with Gasteiger partial charge in [-0.1, -0.05) is 48.1 Å². The predicted octanol–water partition coefficient (Wildman–Crippen LogP) is 3.91. The Morgan fingerprint density at radius 1 is 1.24 bits per heavy atom. The fraction of sp³-hybridized carbons (Fsp3) is 0.333. The van der Waals surface area contributed by atoms with Gasteiger partial charge in [-0.3, -0.25) is 15.2 Å². The fourth-order valence-electron chi connectivity index (χ4n) is 4.15. The van der Waals surface area contributed by atoms with Gasteiger partial charge in [-0.05, 0) is 50.2 Å². The molecule has 2 saturated heterocycles. The summed E-state index contributed by atoms with van der Waals surface area (Å²) >= 11 is 11.6. The number of likely N-dealkylation sites (N-methyl/N-ethyl adjacent to an activating group) is 2. The number of hydrogen-bond donors (Lipinski definition) is 3. The van der Waals surface area contributed by atoms with Gasteiger partial charge in [0.2, 0.25) is 0 Å². The molecule has 8 nitrogen and oxygen atoms in total. The minimum atomic E-state index is -0.278. The van der Waals surface area contributed by atoms with Crippen LogP contribution < -0.4 is 10.6 Å². The van der Waals surface area contributed by atoms with Crippen LogP contribution in [0.25, 0.3) is 0 Å². The quantitative estimate of drug-likeness (QED) is 0.305. The third-order valence-corrected chi connectivity index (χ3v) is 6.86. The van der Waals surface area contributed by atoms with Crippen LogP contribution in [0, 0.1) is 5.41 Å². The van der Waals surface area contributed by atoms with Crippen LogP contribution in [-0.2, 0) is 6.54 Å². The number of pyridine rings is 1. The minimum absolute atomic E-state index is 0.0913. The van der Waals surface area contributed by atoms with Crippen molar-refractivity contribution in [2.75, 3.05) is 32.5 Å². The third-order valence-electron chi connectivity index (χ3n) is 6.16. The summed E-state index contributed by atoms with van der Waals surface area (Å²) in [5.41, 5.74) is 2.23. The van der Waals surface area contributed by atoms with Gasteiger partial charge < -0.3 is 15.5 Å². The molecule has 1 unspecified atom stereocenters. The smallest absolute Gasteiger partial charge is 0.330 e. The number of carbonyl (C=O) groups is 1. The van der Waals surface area contributed by atoms with E-state index in [1.807, 2.05) is 36.4 Å². The van der Waals surface area contributed by atoms with Gasteiger partial charge in [0.15, 0.2) is 0 Å². The first-order chi connectivity index (χ1) is 16.3. The van der Waals surface area contributed by atoms with Crippen molar-refractivity contribution >= 4 is 46.4 Å². The molecule has 34 heavy (non-hydrogen) atoms. The number of anilines is 1. The van der Waals surface area contributed by atoms with Crippen molar-refractivity contribution in [2.24, 2.45) is 0 Å². The van der Waals surface area contributed by atoms with E-state index in [1.165, 1.54) is 9.80 Å². The van der Waals surface area contributed by atoms with Gasteiger partial charge in [0.1, 0.15) is 21.8 Å². The highest BCUT2D eigenvalue weighted by Crippen LogP contribution is 2.25. The first kappa shape index (κ1) is 24.1. The number of para-hydroxylation sites is 1. The zero-order chi connectivity index (χ0) is 24.2. The number of benzene rings is 1. The highest BCUT2D eigenvalue weighted by atomic mass is 35.5. The van der Waals surface area contributed by atoms with E-state index in [9.17, 15) is 4.79 Å². The van der Waals surface area contributed by atoms with Crippen LogP contribution in [0.2, 0.25) is 5.15 Å². The van der Waals surface area contributed by atoms with Crippen LogP contribution in [0.4, 0.5) is 10.5 Å². The van der Waals surface area contributed by atoms with E-state index in [0.29, 0.717) is 34.6 Å². The molecular weight excluding hydrogens is 470 g/mol. The fourth-order valence-corrected chi connectivity index (χ4v) is 4.53. The van der Waals surface area contributed by atoms with Crippen LogP contribution in [0.3, 0.4) is 0 Å². The molecule has 0 saturated carbocycles. The molecule has 4 rings (SSSR count). The molecule has 3 N–H and O–H groups in total. The van der Waals surface area contributed by atoms with Crippen molar-refractivity contribution in [3.05, 3.63) is 70.8 Å². The Labute approximate surface area is 210 Å². The molecule has 178 valence electrons. The molecule has 2 aliphatic rings. The second-order valence-electron chi connectivity index (χ2n) is 8.47. The first-order valence-corrected chi connectivity index (χ1v) is 11.9. The largest absolute Gasteiger partial charge is 0.367 e. The molecule has 2 fully saturated rings. The van der Waals surface area contributed by atoms with Gasteiger partial charge in [0.25, 0.3) is 0 Å². The van der Waals surface area contributed by atoms with E-state index >= 15 is 0 Å². The lowest BCUT2D eigenvalue weighted by molar-refractivity contribution is 0.189. The Kier molecular flexibility index (Phi) is 7.45. The molecule has 2 aliphatic heterocycles. The topological polar surface area (TPSA) is 87.6 Å². The summed E-state index contributed by atoms with van der Waals surface area (Å²) in [5, 5.41) is 16.2. The molecule has 0 aliphatic carbocycles. The summed E-state index contributed by atoms with van der Waals surface area (Å²) in [6, 6.07) is 13.2. The molecule has 10 heteroatoms. The number of carbonyl (C=O) groups excluding carboxylic acids is 1. The number of halogens is 1. The van der Waals surface area contributed by atoms with Crippen LogP contribution in [0.5, 0.6) is 0 Å². The zero-order valence-electron chi connectivity index (χ0n) is 19.2. The number of aromatic nitrogens is 1.